The van der Waals surface area contributed by atoms with Gasteiger partial charge in [0.1, 0.15) is 6.33 Å². The summed E-state index contributed by atoms with van der Waals surface area (Å²) >= 11 is 7.13. The Morgan fingerprint density at radius 2 is 2.07 bits per heavy atom. The minimum absolute atomic E-state index is 0.240. The molecule has 2 nitrogen and oxygen atoms in total. The van der Waals surface area contributed by atoms with E-state index in [1.165, 1.54) is 0 Å². The van der Waals surface area contributed by atoms with E-state index in [1.54, 1.807) is 12.5 Å². The molecule has 4 heteroatoms. The van der Waals surface area contributed by atoms with Crippen LogP contribution >= 0.6 is 31.9 Å². The first-order valence-electron chi connectivity index (χ1n) is 4.49. The van der Waals surface area contributed by atoms with E-state index in [2.05, 4.69) is 62.6 Å². The maximum Gasteiger partial charge on any atom is 0.115 e. The van der Waals surface area contributed by atoms with Gasteiger partial charge < -0.3 is 0 Å². The summed E-state index contributed by atoms with van der Waals surface area (Å²) in [6, 6.07) is 0. The molecule has 14 heavy (non-hydrogen) atoms. The third-order valence-corrected chi connectivity index (χ3v) is 4.42. The first-order chi connectivity index (χ1) is 6.41. The predicted octanol–water partition coefficient (Wildman–Crippen LogP) is 3.59. The maximum absolute atomic E-state index is 4.24. The lowest BCUT2D eigenvalue weighted by Crippen LogP contribution is -2.23. The number of aromatic nitrogens is 2. The van der Waals surface area contributed by atoms with E-state index in [-0.39, 0.29) is 5.41 Å². The van der Waals surface area contributed by atoms with E-state index in [0.29, 0.717) is 4.83 Å². The average molecular weight is 322 g/mol. The van der Waals surface area contributed by atoms with Crippen LogP contribution in [0.15, 0.2) is 17.0 Å². The number of alkyl halides is 1. The standard InChI is InChI=1S/C10H14Br2N2/c1-10(2,3)9(12)4-8-7(11)5-13-6-14-8/h5-6,9H,4H2,1-3H3. The summed E-state index contributed by atoms with van der Waals surface area (Å²) in [6.07, 6.45) is 4.28. The van der Waals surface area contributed by atoms with Crippen LogP contribution < -0.4 is 0 Å². The van der Waals surface area contributed by atoms with Crippen molar-refractivity contribution in [3.8, 4) is 0 Å². The Morgan fingerprint density at radius 3 is 2.57 bits per heavy atom. The van der Waals surface area contributed by atoms with E-state index in [0.717, 1.165) is 16.6 Å². The number of nitrogens with zero attached hydrogens (tertiary/aromatic N) is 2. The predicted molar refractivity (Wildman–Crippen MR) is 65.6 cm³/mol. The van der Waals surface area contributed by atoms with Gasteiger partial charge in [-0.15, -0.1) is 0 Å². The molecular weight excluding hydrogens is 308 g/mol. The van der Waals surface area contributed by atoms with Crippen LogP contribution in [0.3, 0.4) is 0 Å². The smallest absolute Gasteiger partial charge is 0.115 e. The van der Waals surface area contributed by atoms with Crippen molar-refractivity contribution < 1.29 is 0 Å². The van der Waals surface area contributed by atoms with Crippen molar-refractivity contribution in [2.45, 2.75) is 32.0 Å². The number of rotatable bonds is 2. The van der Waals surface area contributed by atoms with Gasteiger partial charge in [0.25, 0.3) is 0 Å². The SMILES string of the molecule is CC(C)(C)C(Br)Cc1ncncc1Br. The van der Waals surface area contributed by atoms with Gasteiger partial charge in [0.05, 0.1) is 10.2 Å². The van der Waals surface area contributed by atoms with Crippen molar-refractivity contribution in [1.29, 1.82) is 0 Å². The Bertz CT molecular complexity index is 307. The van der Waals surface area contributed by atoms with Crippen molar-refractivity contribution in [3.63, 3.8) is 0 Å². The molecule has 1 atom stereocenters. The Labute approximate surface area is 102 Å². The highest BCUT2D eigenvalue weighted by Gasteiger charge is 2.23. The summed E-state index contributed by atoms with van der Waals surface area (Å²) in [4.78, 5) is 8.60. The van der Waals surface area contributed by atoms with Gasteiger partial charge >= 0.3 is 0 Å². The van der Waals surface area contributed by atoms with Crippen LogP contribution in [0.25, 0.3) is 0 Å². The van der Waals surface area contributed by atoms with Gasteiger partial charge in [-0.05, 0) is 21.3 Å². The largest absolute Gasteiger partial charge is 0.244 e. The molecule has 0 aromatic carbocycles. The fraction of sp³-hybridized carbons (Fsp3) is 0.600. The molecule has 0 spiro atoms. The van der Waals surface area contributed by atoms with Crippen LogP contribution in [0.1, 0.15) is 26.5 Å². The minimum atomic E-state index is 0.240. The van der Waals surface area contributed by atoms with Gasteiger partial charge in [-0.1, -0.05) is 36.7 Å². The fourth-order valence-corrected chi connectivity index (χ4v) is 1.65. The zero-order valence-corrected chi connectivity index (χ0v) is 11.8. The molecule has 0 saturated heterocycles. The first kappa shape index (κ1) is 12.1. The first-order valence-corrected chi connectivity index (χ1v) is 6.20. The molecule has 78 valence electrons. The molecule has 0 N–H and O–H groups in total. The van der Waals surface area contributed by atoms with E-state index in [9.17, 15) is 0 Å². The molecule has 1 unspecified atom stereocenters. The molecule has 0 aliphatic heterocycles. The highest BCUT2D eigenvalue weighted by atomic mass is 79.9. The van der Waals surface area contributed by atoms with Gasteiger partial charge in [0, 0.05) is 17.4 Å². The van der Waals surface area contributed by atoms with Gasteiger partial charge in [-0.3, -0.25) is 0 Å². The molecule has 0 saturated carbocycles. The van der Waals surface area contributed by atoms with Crippen LogP contribution in [0.4, 0.5) is 0 Å². The van der Waals surface area contributed by atoms with E-state index in [4.69, 9.17) is 0 Å². The molecular formula is C10H14Br2N2. The second-order valence-electron chi connectivity index (χ2n) is 4.36. The lowest BCUT2D eigenvalue weighted by atomic mass is 9.89. The molecule has 1 heterocycles. The van der Waals surface area contributed by atoms with Crippen LogP contribution in [-0.4, -0.2) is 14.8 Å². The summed E-state index contributed by atoms with van der Waals surface area (Å²) in [6.45, 7) is 6.63. The third kappa shape index (κ3) is 3.31. The highest BCUT2D eigenvalue weighted by Crippen LogP contribution is 2.29. The van der Waals surface area contributed by atoms with E-state index in [1.807, 2.05) is 0 Å². The van der Waals surface area contributed by atoms with E-state index < -0.39 is 0 Å². The lowest BCUT2D eigenvalue weighted by molar-refractivity contribution is 0.396. The van der Waals surface area contributed by atoms with Crippen molar-refractivity contribution in [2.75, 3.05) is 0 Å². The maximum atomic E-state index is 4.24. The van der Waals surface area contributed by atoms with Gasteiger partial charge in [0.2, 0.25) is 0 Å². The zero-order chi connectivity index (χ0) is 10.8. The van der Waals surface area contributed by atoms with Gasteiger partial charge in [0.15, 0.2) is 0 Å². The quantitative estimate of drug-likeness (QED) is 0.778. The monoisotopic (exact) mass is 320 g/mol. The summed E-state index contributed by atoms with van der Waals surface area (Å²) < 4.78 is 0.980. The molecule has 0 radical (unpaired) electrons. The van der Waals surface area contributed by atoms with Crippen LogP contribution in [-0.2, 0) is 6.42 Å². The number of halogens is 2. The van der Waals surface area contributed by atoms with Crippen molar-refractivity contribution in [2.24, 2.45) is 5.41 Å². The van der Waals surface area contributed by atoms with Crippen molar-refractivity contribution in [3.05, 3.63) is 22.7 Å². The minimum Gasteiger partial charge on any atom is -0.244 e. The summed E-state index contributed by atoms with van der Waals surface area (Å²) in [5, 5.41) is 0. The van der Waals surface area contributed by atoms with Gasteiger partial charge in [-0.2, -0.15) is 0 Å². The summed E-state index contributed by atoms with van der Waals surface area (Å²) in [7, 11) is 0. The molecule has 0 bridgehead atoms. The second kappa shape index (κ2) is 4.71. The molecule has 1 aromatic heterocycles. The molecule has 0 fully saturated rings. The molecule has 1 aromatic rings. The molecule has 0 aliphatic rings. The molecule has 0 amide bonds. The highest BCUT2D eigenvalue weighted by molar-refractivity contribution is 9.10. The van der Waals surface area contributed by atoms with Crippen molar-refractivity contribution >= 4 is 31.9 Å². The lowest BCUT2D eigenvalue weighted by Gasteiger charge is -2.25. The van der Waals surface area contributed by atoms with Crippen LogP contribution in [0, 0.1) is 5.41 Å². The fourth-order valence-electron chi connectivity index (χ4n) is 0.964. The zero-order valence-electron chi connectivity index (χ0n) is 8.59. The molecule has 0 aliphatic carbocycles. The summed E-state index contributed by atoms with van der Waals surface area (Å²) in [5.41, 5.74) is 1.29. The van der Waals surface area contributed by atoms with Gasteiger partial charge in [-0.25, -0.2) is 9.97 Å². The van der Waals surface area contributed by atoms with Crippen LogP contribution in [0.2, 0.25) is 0 Å². The van der Waals surface area contributed by atoms with E-state index >= 15 is 0 Å². The topological polar surface area (TPSA) is 25.8 Å². The van der Waals surface area contributed by atoms with Crippen molar-refractivity contribution in [1.82, 2.24) is 9.97 Å². The normalized spacial score (nSPS) is 14.1. The number of hydrogen-bond acceptors (Lipinski definition) is 2. The molecule has 1 rings (SSSR count). The second-order valence-corrected chi connectivity index (χ2v) is 6.31. The average Bonchev–Trinajstić information content (AvgIpc) is 2.07. The summed E-state index contributed by atoms with van der Waals surface area (Å²) in [5.74, 6) is 0. The Morgan fingerprint density at radius 1 is 1.43 bits per heavy atom. The Balaban J connectivity index is 2.75. The Hall–Kier alpha value is 0.0400. The number of hydrogen-bond donors (Lipinski definition) is 0. The Kier molecular flexibility index (Phi) is 4.07. The third-order valence-electron chi connectivity index (χ3n) is 2.06. The van der Waals surface area contributed by atoms with Crippen LogP contribution in [0.5, 0.6) is 0 Å².